The molecular formula is C24H39NaO4. The van der Waals surface area contributed by atoms with Crippen LogP contribution in [0.3, 0.4) is 0 Å². The summed E-state index contributed by atoms with van der Waals surface area (Å²) in [4.78, 5) is 10.9. The van der Waals surface area contributed by atoms with Crippen LogP contribution < -0.4 is 34.7 Å². The Morgan fingerprint density at radius 3 is 2.38 bits per heavy atom. The Kier molecular flexibility index (Phi) is 7.24. The van der Waals surface area contributed by atoms with Crippen LogP contribution in [0.4, 0.5) is 0 Å². The molecule has 4 fully saturated rings. The van der Waals surface area contributed by atoms with Gasteiger partial charge in [-0.2, -0.15) is 0 Å². The number of fused-ring (bicyclic) bond motifs is 5. The molecule has 4 rings (SSSR count). The predicted molar refractivity (Wildman–Crippen MR) is 106 cm³/mol. The van der Waals surface area contributed by atoms with Gasteiger partial charge in [0, 0.05) is 5.97 Å². The van der Waals surface area contributed by atoms with Crippen LogP contribution in [0, 0.1) is 46.3 Å². The number of aliphatic carboxylic acids is 1. The van der Waals surface area contributed by atoms with E-state index in [1.54, 1.807) is 0 Å². The molecule has 0 amide bonds. The fourth-order valence-electron chi connectivity index (χ4n) is 8.72. The summed E-state index contributed by atoms with van der Waals surface area (Å²) >= 11 is 0. The van der Waals surface area contributed by atoms with Crippen LogP contribution in [-0.2, 0) is 4.79 Å². The quantitative estimate of drug-likeness (QED) is 0.642. The molecule has 0 radical (unpaired) electrons. The Hall–Kier alpha value is 0.390. The monoisotopic (exact) mass is 414 g/mol. The number of carboxylic acid groups (broad SMARTS) is 1. The van der Waals surface area contributed by atoms with Gasteiger partial charge in [0.15, 0.2) is 0 Å². The molecule has 0 spiro atoms. The Balaban J connectivity index is 0.00000240. The average Bonchev–Trinajstić information content (AvgIpc) is 2.98. The second-order valence-corrected chi connectivity index (χ2v) is 11.3. The molecule has 160 valence electrons. The van der Waals surface area contributed by atoms with Crippen molar-refractivity contribution in [2.75, 3.05) is 0 Å². The van der Waals surface area contributed by atoms with Crippen molar-refractivity contribution in [1.29, 1.82) is 0 Å². The first-order valence-electron chi connectivity index (χ1n) is 11.7. The number of hydrogen-bond donors (Lipinski definition) is 2. The van der Waals surface area contributed by atoms with Crippen molar-refractivity contribution in [3.63, 3.8) is 0 Å². The Morgan fingerprint density at radius 2 is 1.69 bits per heavy atom. The van der Waals surface area contributed by atoms with E-state index < -0.39 is 5.97 Å². The van der Waals surface area contributed by atoms with Crippen LogP contribution in [-0.4, -0.2) is 28.4 Å². The van der Waals surface area contributed by atoms with Crippen LogP contribution in [0.25, 0.3) is 0 Å². The molecule has 0 heterocycles. The molecule has 0 aromatic heterocycles. The first-order valence-corrected chi connectivity index (χ1v) is 11.7. The van der Waals surface area contributed by atoms with E-state index in [2.05, 4.69) is 20.8 Å². The maximum atomic E-state index is 11.2. The average molecular weight is 415 g/mol. The van der Waals surface area contributed by atoms with Crippen LogP contribution in [0.1, 0.15) is 85.0 Å². The molecule has 5 heteroatoms. The van der Waals surface area contributed by atoms with E-state index in [4.69, 9.17) is 0 Å². The van der Waals surface area contributed by atoms with Crippen molar-refractivity contribution in [2.24, 2.45) is 46.3 Å². The molecule has 4 nitrogen and oxygen atoms in total. The van der Waals surface area contributed by atoms with Gasteiger partial charge in [0.2, 0.25) is 0 Å². The normalized spacial score (nSPS) is 49.9. The first-order chi connectivity index (χ1) is 13.2. The molecule has 0 aliphatic heterocycles. The van der Waals surface area contributed by atoms with Gasteiger partial charge in [-0.1, -0.05) is 20.8 Å². The summed E-state index contributed by atoms with van der Waals surface area (Å²) in [5, 5.41) is 32.4. The minimum atomic E-state index is -0.934. The number of hydrogen-bond acceptors (Lipinski definition) is 4. The molecule has 4 unspecified atom stereocenters. The SMILES string of the molecule is C[C@H](CCC(=O)[O-])[C@H]1CCC2C3C(O)C[C@@H]4C[C@H](O)CC[C@]4(C)C3CC[C@@]21C.[Na+]. The predicted octanol–water partition coefficient (Wildman–Crippen LogP) is 0.147. The zero-order valence-electron chi connectivity index (χ0n) is 18.9. The summed E-state index contributed by atoms with van der Waals surface area (Å²) in [5.74, 6) is 1.99. The van der Waals surface area contributed by atoms with Crippen LogP contribution in [0.15, 0.2) is 0 Å². The molecule has 4 saturated carbocycles. The fourth-order valence-corrected chi connectivity index (χ4v) is 8.72. The summed E-state index contributed by atoms with van der Waals surface area (Å²) < 4.78 is 0. The molecule has 0 bridgehead atoms. The summed E-state index contributed by atoms with van der Waals surface area (Å²) in [6.07, 6.45) is 8.91. The van der Waals surface area contributed by atoms with Gasteiger partial charge >= 0.3 is 29.6 Å². The number of carbonyl (C=O) groups excluding carboxylic acids is 1. The number of aliphatic hydroxyl groups is 2. The molecule has 0 aromatic rings. The van der Waals surface area contributed by atoms with E-state index in [0.29, 0.717) is 41.9 Å². The molecule has 2 N–H and O–H groups in total. The molecule has 29 heavy (non-hydrogen) atoms. The third-order valence-electron chi connectivity index (χ3n) is 10.2. The third-order valence-corrected chi connectivity index (χ3v) is 10.2. The molecule has 0 aromatic carbocycles. The second kappa shape index (κ2) is 8.73. The number of rotatable bonds is 4. The van der Waals surface area contributed by atoms with Gasteiger partial charge in [0.25, 0.3) is 0 Å². The van der Waals surface area contributed by atoms with Crippen molar-refractivity contribution >= 4 is 5.97 Å². The molecular weight excluding hydrogens is 375 g/mol. The molecule has 4 aliphatic carbocycles. The maximum Gasteiger partial charge on any atom is 1.00 e. The maximum absolute atomic E-state index is 11.2. The van der Waals surface area contributed by atoms with E-state index >= 15 is 0 Å². The Bertz CT molecular complexity index is 612. The topological polar surface area (TPSA) is 80.6 Å². The van der Waals surface area contributed by atoms with Gasteiger partial charge in [0.1, 0.15) is 0 Å². The summed E-state index contributed by atoms with van der Waals surface area (Å²) in [6, 6.07) is 0. The summed E-state index contributed by atoms with van der Waals surface area (Å²) in [5.41, 5.74) is 0.494. The minimum absolute atomic E-state index is 0. The third kappa shape index (κ3) is 3.99. The first kappa shape index (κ1) is 24.0. The smallest absolute Gasteiger partial charge is 0.550 e. The molecule has 4 aliphatic rings. The van der Waals surface area contributed by atoms with Crippen LogP contribution >= 0.6 is 0 Å². The van der Waals surface area contributed by atoms with Crippen molar-refractivity contribution < 1.29 is 49.7 Å². The Morgan fingerprint density at radius 1 is 1.03 bits per heavy atom. The van der Waals surface area contributed by atoms with Crippen molar-refractivity contribution in [1.82, 2.24) is 0 Å². The molecule has 0 saturated heterocycles. The molecule has 10 atom stereocenters. The van der Waals surface area contributed by atoms with E-state index in [1.165, 1.54) is 25.7 Å². The number of aliphatic hydroxyl groups excluding tert-OH is 2. The van der Waals surface area contributed by atoms with Crippen molar-refractivity contribution in [3.05, 3.63) is 0 Å². The largest absolute Gasteiger partial charge is 1.00 e. The number of carboxylic acids is 1. The van der Waals surface area contributed by atoms with Gasteiger partial charge in [-0.05, 0) is 111 Å². The van der Waals surface area contributed by atoms with E-state index in [-0.39, 0.29) is 59.0 Å². The van der Waals surface area contributed by atoms with Gasteiger partial charge in [-0.15, -0.1) is 0 Å². The zero-order valence-corrected chi connectivity index (χ0v) is 20.9. The fraction of sp³-hybridized carbons (Fsp3) is 0.958. The van der Waals surface area contributed by atoms with Crippen LogP contribution in [0.2, 0.25) is 0 Å². The van der Waals surface area contributed by atoms with Gasteiger partial charge in [-0.3, -0.25) is 0 Å². The summed E-state index contributed by atoms with van der Waals surface area (Å²) in [6.45, 7) is 7.11. The zero-order chi connectivity index (χ0) is 20.3. The van der Waals surface area contributed by atoms with Gasteiger partial charge in [0.05, 0.1) is 12.2 Å². The van der Waals surface area contributed by atoms with E-state index in [9.17, 15) is 20.1 Å². The standard InChI is InChI=1S/C24H40O4.Na/c1-14(4-7-21(27)28)17-5-6-18-22-19(9-11-24(17,18)3)23(2)10-8-16(25)12-15(23)13-20(22)26;/h14-20,22,25-26H,4-13H2,1-3H3,(H,27,28);/q;+1/p-1/t14-,15+,16-,17-,18?,19?,20?,22?,23+,24-;/m1./s1. The second-order valence-electron chi connectivity index (χ2n) is 11.3. The van der Waals surface area contributed by atoms with Crippen LogP contribution in [0.5, 0.6) is 0 Å². The van der Waals surface area contributed by atoms with Gasteiger partial charge in [-0.25, -0.2) is 0 Å². The van der Waals surface area contributed by atoms with Crippen molar-refractivity contribution in [2.45, 2.75) is 97.2 Å². The minimum Gasteiger partial charge on any atom is -0.550 e. The Labute approximate surface area is 198 Å². The van der Waals surface area contributed by atoms with E-state index in [0.717, 1.165) is 25.7 Å². The number of carbonyl (C=O) groups is 1. The summed E-state index contributed by atoms with van der Waals surface area (Å²) in [7, 11) is 0. The van der Waals surface area contributed by atoms with Gasteiger partial charge < -0.3 is 20.1 Å². The van der Waals surface area contributed by atoms with E-state index in [1.807, 2.05) is 0 Å². The van der Waals surface area contributed by atoms with Crippen molar-refractivity contribution in [3.8, 4) is 0 Å².